The number of aryl methyl sites for hydroxylation is 1. The van der Waals surface area contributed by atoms with Crippen LogP contribution >= 0.6 is 11.3 Å². The Morgan fingerprint density at radius 1 is 1.29 bits per heavy atom. The Morgan fingerprint density at radius 3 is 2.92 bits per heavy atom. The summed E-state index contributed by atoms with van der Waals surface area (Å²) in [5.41, 5.74) is 2.07. The van der Waals surface area contributed by atoms with Crippen molar-refractivity contribution in [2.45, 2.75) is 32.9 Å². The minimum absolute atomic E-state index is 0.173. The van der Waals surface area contributed by atoms with E-state index in [1.54, 1.807) is 17.5 Å². The first-order chi connectivity index (χ1) is 11.6. The molecular formula is C18H22N4OS. The second-order valence-electron chi connectivity index (χ2n) is 6.94. The van der Waals surface area contributed by atoms with Crippen molar-refractivity contribution in [1.82, 2.24) is 19.8 Å². The maximum atomic E-state index is 13.0. The number of aromatic nitrogens is 2. The average molecular weight is 342 g/mol. The molecule has 0 N–H and O–H groups in total. The van der Waals surface area contributed by atoms with Gasteiger partial charge in [-0.1, -0.05) is 6.07 Å². The maximum Gasteiger partial charge on any atom is 0.230 e. The Hall–Kier alpha value is -1.79. The van der Waals surface area contributed by atoms with Crippen molar-refractivity contribution in [3.63, 3.8) is 0 Å². The van der Waals surface area contributed by atoms with E-state index in [1.807, 2.05) is 24.1 Å². The Morgan fingerprint density at radius 2 is 2.17 bits per heavy atom. The summed E-state index contributed by atoms with van der Waals surface area (Å²) in [4.78, 5) is 26.1. The second kappa shape index (κ2) is 6.26. The Labute approximate surface area is 146 Å². The van der Waals surface area contributed by atoms with E-state index in [9.17, 15) is 4.79 Å². The topological polar surface area (TPSA) is 49.3 Å². The molecule has 4 heterocycles. The number of nitrogens with zero attached hydrogens (tertiary/aromatic N) is 4. The van der Waals surface area contributed by atoms with Crippen molar-refractivity contribution in [3.05, 3.63) is 46.2 Å². The summed E-state index contributed by atoms with van der Waals surface area (Å²) in [7, 11) is 0. The fraction of sp³-hybridized carbons (Fsp3) is 0.500. The molecule has 2 saturated heterocycles. The standard InChI is InChI=1S/C18H22N4OS/c1-14-20-16(12-24-14)11-22-8-5-18(17(22)23)4-7-21(13-18)10-15-3-2-6-19-9-15/h2-3,6,9,12H,4-5,7-8,10-11,13H2,1H3/t18-/m0/s1. The summed E-state index contributed by atoms with van der Waals surface area (Å²) in [5.74, 6) is 0.321. The fourth-order valence-corrected chi connectivity index (χ4v) is 4.55. The normalized spacial score (nSPS) is 24.4. The predicted octanol–water partition coefficient (Wildman–Crippen LogP) is 2.47. The summed E-state index contributed by atoms with van der Waals surface area (Å²) in [6, 6.07) is 4.07. The third-order valence-electron chi connectivity index (χ3n) is 5.18. The van der Waals surface area contributed by atoms with Gasteiger partial charge in [-0.05, 0) is 37.9 Å². The number of carbonyl (C=O) groups is 1. The SMILES string of the molecule is Cc1nc(CN2CC[C@]3(CCN(Cc4cccnc4)C3)C2=O)cs1. The van der Waals surface area contributed by atoms with Gasteiger partial charge in [0.15, 0.2) is 0 Å². The van der Waals surface area contributed by atoms with Crippen LogP contribution in [0.25, 0.3) is 0 Å². The van der Waals surface area contributed by atoms with Gasteiger partial charge in [0.1, 0.15) is 0 Å². The molecule has 1 amide bonds. The van der Waals surface area contributed by atoms with E-state index in [0.29, 0.717) is 12.5 Å². The zero-order valence-electron chi connectivity index (χ0n) is 13.9. The number of pyridine rings is 1. The van der Waals surface area contributed by atoms with Crippen LogP contribution in [0.4, 0.5) is 0 Å². The number of rotatable bonds is 4. The van der Waals surface area contributed by atoms with Gasteiger partial charge in [0.25, 0.3) is 0 Å². The number of carbonyl (C=O) groups excluding carboxylic acids is 1. The van der Waals surface area contributed by atoms with Gasteiger partial charge in [0.2, 0.25) is 5.91 Å². The molecule has 2 aromatic rings. The molecule has 2 aromatic heterocycles. The Kier molecular flexibility index (Phi) is 4.10. The lowest BCUT2D eigenvalue weighted by molar-refractivity contribution is -0.136. The van der Waals surface area contributed by atoms with Crippen LogP contribution in [0.3, 0.4) is 0 Å². The summed E-state index contributed by atoms with van der Waals surface area (Å²) in [6.07, 6.45) is 5.66. The fourth-order valence-electron chi connectivity index (χ4n) is 3.94. The smallest absolute Gasteiger partial charge is 0.230 e. The molecule has 0 aromatic carbocycles. The molecule has 2 fully saturated rings. The molecule has 126 valence electrons. The minimum Gasteiger partial charge on any atom is -0.336 e. The van der Waals surface area contributed by atoms with Gasteiger partial charge >= 0.3 is 0 Å². The van der Waals surface area contributed by atoms with Gasteiger partial charge in [-0.2, -0.15) is 0 Å². The molecule has 0 aliphatic carbocycles. The van der Waals surface area contributed by atoms with E-state index >= 15 is 0 Å². The molecule has 0 unspecified atom stereocenters. The number of hydrogen-bond donors (Lipinski definition) is 0. The third-order valence-corrected chi connectivity index (χ3v) is 6.00. The van der Waals surface area contributed by atoms with Crippen molar-refractivity contribution in [3.8, 4) is 0 Å². The molecule has 1 spiro atoms. The Bertz CT molecular complexity index is 732. The molecule has 5 nitrogen and oxygen atoms in total. The number of hydrogen-bond acceptors (Lipinski definition) is 5. The van der Waals surface area contributed by atoms with Gasteiger partial charge in [-0.15, -0.1) is 11.3 Å². The molecule has 0 bridgehead atoms. The van der Waals surface area contributed by atoms with Crippen LogP contribution in [0.1, 0.15) is 29.1 Å². The van der Waals surface area contributed by atoms with Crippen molar-refractivity contribution in [2.75, 3.05) is 19.6 Å². The zero-order chi connectivity index (χ0) is 16.6. The molecule has 2 aliphatic heterocycles. The van der Waals surface area contributed by atoms with E-state index < -0.39 is 0 Å². The molecule has 1 atom stereocenters. The van der Waals surface area contributed by atoms with Crippen LogP contribution in [0.2, 0.25) is 0 Å². The van der Waals surface area contributed by atoms with E-state index in [-0.39, 0.29) is 5.41 Å². The van der Waals surface area contributed by atoms with E-state index in [1.165, 1.54) is 5.56 Å². The highest BCUT2D eigenvalue weighted by Gasteiger charge is 2.50. The monoisotopic (exact) mass is 342 g/mol. The summed E-state index contributed by atoms with van der Waals surface area (Å²) >= 11 is 1.65. The zero-order valence-corrected chi connectivity index (χ0v) is 14.8. The van der Waals surface area contributed by atoms with Gasteiger partial charge in [0, 0.05) is 37.4 Å². The lowest BCUT2D eigenvalue weighted by atomic mass is 9.85. The van der Waals surface area contributed by atoms with Gasteiger partial charge in [0.05, 0.1) is 22.7 Å². The van der Waals surface area contributed by atoms with Crippen LogP contribution in [-0.4, -0.2) is 45.3 Å². The van der Waals surface area contributed by atoms with Gasteiger partial charge < -0.3 is 4.90 Å². The third kappa shape index (κ3) is 2.96. The van der Waals surface area contributed by atoms with E-state index in [2.05, 4.69) is 26.3 Å². The highest BCUT2D eigenvalue weighted by molar-refractivity contribution is 7.09. The number of thiazole rings is 1. The summed E-state index contributed by atoms with van der Waals surface area (Å²) in [6.45, 7) is 6.27. The number of likely N-dealkylation sites (tertiary alicyclic amines) is 2. The first-order valence-electron chi connectivity index (χ1n) is 8.46. The van der Waals surface area contributed by atoms with Crippen molar-refractivity contribution < 1.29 is 4.79 Å². The lowest BCUT2D eigenvalue weighted by Gasteiger charge is -2.23. The summed E-state index contributed by atoms with van der Waals surface area (Å²) < 4.78 is 0. The predicted molar refractivity (Wildman–Crippen MR) is 93.4 cm³/mol. The van der Waals surface area contributed by atoms with Crippen LogP contribution in [-0.2, 0) is 17.9 Å². The number of amides is 1. The summed E-state index contributed by atoms with van der Waals surface area (Å²) in [5, 5.41) is 3.13. The second-order valence-corrected chi connectivity index (χ2v) is 8.00. The minimum atomic E-state index is -0.173. The van der Waals surface area contributed by atoms with Crippen LogP contribution in [0.5, 0.6) is 0 Å². The first kappa shape index (κ1) is 15.7. The largest absolute Gasteiger partial charge is 0.336 e. The Balaban J connectivity index is 1.40. The van der Waals surface area contributed by atoms with E-state index in [4.69, 9.17) is 0 Å². The average Bonchev–Trinajstić information content (AvgIpc) is 3.26. The van der Waals surface area contributed by atoms with Crippen molar-refractivity contribution in [1.29, 1.82) is 0 Å². The highest BCUT2D eigenvalue weighted by atomic mass is 32.1. The van der Waals surface area contributed by atoms with Gasteiger partial charge in [-0.25, -0.2) is 4.98 Å². The van der Waals surface area contributed by atoms with Crippen LogP contribution in [0, 0.1) is 12.3 Å². The van der Waals surface area contributed by atoms with Crippen molar-refractivity contribution >= 4 is 17.2 Å². The van der Waals surface area contributed by atoms with Crippen molar-refractivity contribution in [2.24, 2.45) is 5.41 Å². The molecule has 6 heteroatoms. The quantitative estimate of drug-likeness (QED) is 0.856. The molecule has 0 saturated carbocycles. The lowest BCUT2D eigenvalue weighted by Crippen LogP contribution is -2.36. The molecule has 24 heavy (non-hydrogen) atoms. The van der Waals surface area contributed by atoms with Crippen LogP contribution < -0.4 is 0 Å². The van der Waals surface area contributed by atoms with Crippen LogP contribution in [0.15, 0.2) is 29.9 Å². The first-order valence-corrected chi connectivity index (χ1v) is 9.34. The molecule has 4 rings (SSSR count). The van der Waals surface area contributed by atoms with E-state index in [0.717, 1.165) is 49.7 Å². The molecule has 0 radical (unpaired) electrons. The maximum absolute atomic E-state index is 13.0. The molecule has 2 aliphatic rings. The highest BCUT2D eigenvalue weighted by Crippen LogP contribution is 2.41. The molecular weight excluding hydrogens is 320 g/mol. The van der Waals surface area contributed by atoms with Gasteiger partial charge in [-0.3, -0.25) is 14.7 Å².